The molecule has 2 rings (SSSR count). The van der Waals surface area contributed by atoms with Gasteiger partial charge in [-0.2, -0.15) is 0 Å². The molecule has 0 unspecified atom stereocenters. The fourth-order valence-electron chi connectivity index (χ4n) is 1.81. The molecule has 0 bridgehead atoms. The summed E-state index contributed by atoms with van der Waals surface area (Å²) < 4.78 is 26.2. The lowest BCUT2D eigenvalue weighted by molar-refractivity contribution is -0.384. The number of nitrogens with zero attached hydrogens (tertiary/aromatic N) is 1. The first-order valence-electron chi connectivity index (χ1n) is 6.40. The molecule has 0 aliphatic heterocycles. The van der Waals surface area contributed by atoms with Crippen molar-refractivity contribution in [2.75, 3.05) is 0 Å². The van der Waals surface area contributed by atoms with Gasteiger partial charge in [0, 0.05) is 12.1 Å². The Balaban J connectivity index is 2.27. The number of aryl methyl sites for hydroxylation is 1. The van der Waals surface area contributed by atoms with Gasteiger partial charge < -0.3 is 0 Å². The smallest absolute Gasteiger partial charge is 0.269 e. The third kappa shape index (κ3) is 3.83. The van der Waals surface area contributed by atoms with E-state index < -0.39 is 26.5 Å². The lowest BCUT2D eigenvalue weighted by Crippen LogP contribution is -2.29. The Morgan fingerprint density at radius 2 is 2.09 bits per heavy atom. The largest absolute Gasteiger partial charge is 0.288 e. The summed E-state index contributed by atoms with van der Waals surface area (Å²) in [6.45, 7) is 1.39. The number of amides is 1. The van der Waals surface area contributed by atoms with E-state index in [1.165, 1.54) is 13.0 Å². The molecule has 1 aliphatic rings. The average Bonchev–Trinajstić information content (AvgIpc) is 3.21. The third-order valence-corrected chi connectivity index (χ3v) is 4.90. The summed E-state index contributed by atoms with van der Waals surface area (Å²) in [5.41, 5.74) is -0.263. The maximum Gasteiger partial charge on any atom is 0.288 e. The standard InChI is InChI=1S/C13H13ClN2O5S/c1-8-6-11(16(18)19)10(14)7-12(8)22(20,21)15-13(17)5-4-9-2-3-9/h4-7,9H,2-3H2,1H3,(H,15,17). The molecule has 7 nitrogen and oxygen atoms in total. The van der Waals surface area contributed by atoms with Gasteiger partial charge in [-0.3, -0.25) is 14.9 Å². The van der Waals surface area contributed by atoms with Gasteiger partial charge in [-0.25, -0.2) is 13.1 Å². The number of nitrogens with one attached hydrogen (secondary N) is 1. The molecule has 0 spiro atoms. The van der Waals surface area contributed by atoms with Crippen molar-refractivity contribution in [3.63, 3.8) is 0 Å². The SMILES string of the molecule is Cc1cc([N+](=O)[O-])c(Cl)cc1S(=O)(=O)NC(=O)C=CC1CC1. The zero-order valence-electron chi connectivity index (χ0n) is 11.6. The Bertz CT molecular complexity index is 769. The van der Waals surface area contributed by atoms with Crippen LogP contribution >= 0.6 is 11.6 Å². The van der Waals surface area contributed by atoms with Crippen molar-refractivity contribution in [3.8, 4) is 0 Å². The number of nitro groups is 1. The topological polar surface area (TPSA) is 106 Å². The van der Waals surface area contributed by atoms with Crippen molar-refractivity contribution in [1.82, 2.24) is 4.72 Å². The van der Waals surface area contributed by atoms with Crippen LogP contribution in [0.25, 0.3) is 0 Å². The number of allylic oxidation sites excluding steroid dienone is 1. The van der Waals surface area contributed by atoms with Crippen molar-refractivity contribution >= 4 is 33.2 Å². The molecule has 1 aromatic rings. The highest BCUT2D eigenvalue weighted by molar-refractivity contribution is 7.90. The number of rotatable bonds is 5. The Hall–Kier alpha value is -1.93. The summed E-state index contributed by atoms with van der Waals surface area (Å²) in [6.07, 6.45) is 4.82. The maximum atomic E-state index is 12.2. The lowest BCUT2D eigenvalue weighted by Gasteiger charge is -2.08. The number of hydrogen-bond acceptors (Lipinski definition) is 5. The summed E-state index contributed by atoms with van der Waals surface area (Å²) in [4.78, 5) is 21.4. The first-order chi connectivity index (χ1) is 10.2. The number of carbonyl (C=O) groups excluding carboxylic acids is 1. The Labute approximate surface area is 132 Å². The van der Waals surface area contributed by atoms with Gasteiger partial charge in [0.1, 0.15) is 5.02 Å². The van der Waals surface area contributed by atoms with Crippen LogP contribution in [-0.4, -0.2) is 19.2 Å². The zero-order chi connectivity index (χ0) is 16.5. The third-order valence-electron chi connectivity index (χ3n) is 3.11. The minimum Gasteiger partial charge on any atom is -0.269 e. The average molecular weight is 345 g/mol. The number of halogens is 1. The molecule has 0 atom stereocenters. The number of hydrogen-bond donors (Lipinski definition) is 1. The first kappa shape index (κ1) is 16.4. The molecular weight excluding hydrogens is 332 g/mol. The van der Waals surface area contributed by atoms with Crippen LogP contribution < -0.4 is 4.72 Å². The van der Waals surface area contributed by atoms with E-state index in [9.17, 15) is 23.3 Å². The molecular formula is C13H13ClN2O5S. The zero-order valence-corrected chi connectivity index (χ0v) is 13.1. The highest BCUT2D eigenvalue weighted by Gasteiger charge is 2.24. The van der Waals surface area contributed by atoms with E-state index in [2.05, 4.69) is 0 Å². The van der Waals surface area contributed by atoms with Crippen LogP contribution in [0.15, 0.2) is 29.2 Å². The van der Waals surface area contributed by atoms with Gasteiger partial charge in [-0.05, 0) is 37.3 Å². The molecule has 0 saturated heterocycles. The second kappa shape index (κ2) is 6.05. The van der Waals surface area contributed by atoms with Crippen LogP contribution in [0.5, 0.6) is 0 Å². The van der Waals surface area contributed by atoms with E-state index in [1.807, 2.05) is 4.72 Å². The number of sulfonamides is 1. The summed E-state index contributed by atoms with van der Waals surface area (Å²) in [5.74, 6) is -0.426. The molecule has 0 aromatic heterocycles. The molecule has 1 N–H and O–H groups in total. The monoisotopic (exact) mass is 344 g/mol. The number of nitro benzene ring substituents is 1. The Morgan fingerprint density at radius 1 is 1.45 bits per heavy atom. The molecule has 0 heterocycles. The van der Waals surface area contributed by atoms with Crippen LogP contribution in [-0.2, 0) is 14.8 Å². The normalized spacial score (nSPS) is 15.0. The summed E-state index contributed by atoms with van der Waals surface area (Å²) in [6, 6.07) is 2.02. The minimum atomic E-state index is -4.14. The highest BCUT2D eigenvalue weighted by Crippen LogP contribution is 2.31. The maximum absolute atomic E-state index is 12.2. The van der Waals surface area contributed by atoms with E-state index in [0.717, 1.165) is 25.0 Å². The summed E-state index contributed by atoms with van der Waals surface area (Å²) in [5, 5.41) is 10.5. The molecule has 9 heteroatoms. The van der Waals surface area contributed by atoms with Gasteiger partial charge in [-0.1, -0.05) is 17.7 Å². The molecule has 22 heavy (non-hydrogen) atoms. The van der Waals surface area contributed by atoms with Crippen molar-refractivity contribution in [2.24, 2.45) is 5.92 Å². The quantitative estimate of drug-likeness (QED) is 0.501. The summed E-state index contributed by atoms with van der Waals surface area (Å²) in [7, 11) is -4.14. The second-order valence-electron chi connectivity index (χ2n) is 4.99. The highest BCUT2D eigenvalue weighted by atomic mass is 35.5. The van der Waals surface area contributed by atoms with E-state index in [1.54, 1.807) is 6.08 Å². The fraction of sp³-hybridized carbons (Fsp3) is 0.308. The number of carbonyl (C=O) groups is 1. The molecule has 1 fully saturated rings. The van der Waals surface area contributed by atoms with Crippen LogP contribution in [0.4, 0.5) is 5.69 Å². The fourth-order valence-corrected chi connectivity index (χ4v) is 3.31. The van der Waals surface area contributed by atoms with Gasteiger partial charge in [0.25, 0.3) is 21.6 Å². The van der Waals surface area contributed by atoms with Crippen molar-refractivity contribution < 1.29 is 18.1 Å². The van der Waals surface area contributed by atoms with Gasteiger partial charge in [-0.15, -0.1) is 0 Å². The molecule has 118 valence electrons. The predicted molar refractivity (Wildman–Crippen MR) is 80.0 cm³/mol. The van der Waals surface area contributed by atoms with Gasteiger partial charge >= 0.3 is 0 Å². The number of benzene rings is 1. The van der Waals surface area contributed by atoms with Crippen molar-refractivity contribution in [1.29, 1.82) is 0 Å². The van der Waals surface area contributed by atoms with Crippen LogP contribution in [0.2, 0.25) is 5.02 Å². The first-order valence-corrected chi connectivity index (χ1v) is 8.26. The minimum absolute atomic E-state index is 0.127. The van der Waals surface area contributed by atoms with Crippen LogP contribution in [0.3, 0.4) is 0 Å². The van der Waals surface area contributed by atoms with E-state index in [4.69, 9.17) is 11.6 Å². The Kier molecular flexibility index (Phi) is 4.52. The van der Waals surface area contributed by atoms with E-state index in [-0.39, 0.29) is 15.5 Å². The molecule has 0 radical (unpaired) electrons. The molecule has 1 aliphatic carbocycles. The molecule has 1 aromatic carbocycles. The van der Waals surface area contributed by atoms with E-state index in [0.29, 0.717) is 5.92 Å². The summed E-state index contributed by atoms with van der Waals surface area (Å²) >= 11 is 5.72. The van der Waals surface area contributed by atoms with E-state index >= 15 is 0 Å². The second-order valence-corrected chi connectivity index (χ2v) is 7.05. The predicted octanol–water partition coefficient (Wildman–Crippen LogP) is 2.33. The molecule has 1 saturated carbocycles. The lowest BCUT2D eigenvalue weighted by atomic mass is 10.2. The van der Waals surface area contributed by atoms with Crippen molar-refractivity contribution in [3.05, 3.63) is 45.0 Å². The molecule has 1 amide bonds. The van der Waals surface area contributed by atoms with Crippen LogP contribution in [0.1, 0.15) is 18.4 Å². The van der Waals surface area contributed by atoms with Gasteiger partial charge in [0.2, 0.25) is 0 Å². The Morgan fingerprint density at radius 3 is 2.64 bits per heavy atom. The van der Waals surface area contributed by atoms with Gasteiger partial charge in [0.05, 0.1) is 9.82 Å². The van der Waals surface area contributed by atoms with Crippen LogP contribution in [0, 0.1) is 23.0 Å². The van der Waals surface area contributed by atoms with Gasteiger partial charge in [0.15, 0.2) is 0 Å². The van der Waals surface area contributed by atoms with Crippen molar-refractivity contribution in [2.45, 2.75) is 24.7 Å².